The van der Waals surface area contributed by atoms with E-state index in [2.05, 4.69) is 0 Å². The summed E-state index contributed by atoms with van der Waals surface area (Å²) in [4.78, 5) is 49.2. The van der Waals surface area contributed by atoms with Crippen LogP contribution in [0.25, 0.3) is 0 Å². The van der Waals surface area contributed by atoms with Crippen molar-refractivity contribution in [2.45, 2.75) is 71.1 Å². The van der Waals surface area contributed by atoms with E-state index in [1.807, 2.05) is 37.3 Å². The van der Waals surface area contributed by atoms with Gasteiger partial charge in [0.25, 0.3) is 0 Å². The molecule has 33 heavy (non-hydrogen) atoms. The highest BCUT2D eigenvalue weighted by molar-refractivity contribution is 5.81. The Morgan fingerprint density at radius 1 is 1.09 bits per heavy atom. The molecular weight excluding hydrogens is 432 g/mol. The molecule has 2 aliphatic rings. The van der Waals surface area contributed by atoms with E-state index in [9.17, 15) is 19.2 Å². The highest BCUT2D eigenvalue weighted by atomic mass is 16.6. The van der Waals surface area contributed by atoms with Crippen LogP contribution >= 0.6 is 0 Å². The van der Waals surface area contributed by atoms with Crippen molar-refractivity contribution in [3.8, 4) is 0 Å². The summed E-state index contributed by atoms with van der Waals surface area (Å²) in [6.07, 6.45) is -1.59. The lowest BCUT2D eigenvalue weighted by Gasteiger charge is -2.46. The summed E-state index contributed by atoms with van der Waals surface area (Å²) in [7, 11) is 0. The quantitative estimate of drug-likeness (QED) is 0.307. The van der Waals surface area contributed by atoms with Gasteiger partial charge >= 0.3 is 17.9 Å². The number of hydrogen-bond acceptors (Lipinski definition) is 9. The number of hydrogen-bond donors (Lipinski definition) is 0. The minimum absolute atomic E-state index is 0.00342. The standard InChI is InChI=1S/C23H30N2O8/c1-4-5-11-30-23(29)22-25-18(12-20(28)24(25)13-17-9-7-6-8-10-17)21(32-16(3)27)19(33-22)14-31-15(2)26/h6-10,18-19,21-22H,4-5,11-14H2,1-3H3. The van der Waals surface area contributed by atoms with Gasteiger partial charge in [-0.2, -0.15) is 5.01 Å². The van der Waals surface area contributed by atoms with Crippen LogP contribution in [0.1, 0.15) is 45.6 Å². The molecule has 0 bridgehead atoms. The fourth-order valence-electron chi connectivity index (χ4n) is 3.96. The van der Waals surface area contributed by atoms with Crippen LogP contribution in [0, 0.1) is 0 Å². The number of fused-ring (bicyclic) bond motifs is 1. The van der Waals surface area contributed by atoms with E-state index >= 15 is 0 Å². The molecule has 0 aliphatic carbocycles. The van der Waals surface area contributed by atoms with E-state index in [0.717, 1.165) is 12.0 Å². The number of ether oxygens (including phenoxy) is 4. The molecule has 10 heteroatoms. The summed E-state index contributed by atoms with van der Waals surface area (Å²) < 4.78 is 22.0. The smallest absolute Gasteiger partial charge is 0.352 e. The molecule has 4 unspecified atom stereocenters. The van der Waals surface area contributed by atoms with E-state index < -0.39 is 42.4 Å². The lowest BCUT2D eigenvalue weighted by atomic mass is 10.0. The molecule has 0 aromatic heterocycles. The van der Waals surface area contributed by atoms with Crippen molar-refractivity contribution in [2.24, 2.45) is 0 Å². The predicted molar refractivity (Wildman–Crippen MR) is 114 cm³/mol. The maximum atomic E-state index is 13.0. The summed E-state index contributed by atoms with van der Waals surface area (Å²) in [5.74, 6) is -2.02. The summed E-state index contributed by atoms with van der Waals surface area (Å²) >= 11 is 0. The van der Waals surface area contributed by atoms with Gasteiger partial charge in [0, 0.05) is 20.3 Å². The number of carbonyl (C=O) groups is 4. The molecule has 1 aromatic rings. The number of nitrogens with zero attached hydrogens (tertiary/aromatic N) is 2. The zero-order chi connectivity index (χ0) is 24.0. The maximum Gasteiger partial charge on any atom is 0.352 e. The number of benzene rings is 1. The number of amides is 1. The highest BCUT2D eigenvalue weighted by Gasteiger charge is 2.56. The Labute approximate surface area is 192 Å². The predicted octanol–water partition coefficient (Wildman–Crippen LogP) is 1.57. The molecule has 0 saturated carbocycles. The third-order valence-corrected chi connectivity index (χ3v) is 5.45. The third-order valence-electron chi connectivity index (χ3n) is 5.45. The van der Waals surface area contributed by atoms with Crippen LogP contribution in [-0.4, -0.2) is 71.5 Å². The molecule has 2 heterocycles. The van der Waals surface area contributed by atoms with Crippen LogP contribution in [0.5, 0.6) is 0 Å². The van der Waals surface area contributed by atoms with Crippen LogP contribution in [-0.2, 0) is 44.7 Å². The van der Waals surface area contributed by atoms with Crippen molar-refractivity contribution >= 4 is 23.8 Å². The second-order valence-electron chi connectivity index (χ2n) is 8.01. The second-order valence-corrected chi connectivity index (χ2v) is 8.01. The van der Waals surface area contributed by atoms with Gasteiger partial charge in [0.2, 0.25) is 12.1 Å². The number of rotatable bonds is 9. The summed E-state index contributed by atoms with van der Waals surface area (Å²) in [5, 5.41) is 2.94. The van der Waals surface area contributed by atoms with Gasteiger partial charge in [-0.05, 0) is 12.0 Å². The first kappa shape index (κ1) is 24.7. The van der Waals surface area contributed by atoms with E-state index in [4.69, 9.17) is 18.9 Å². The lowest BCUT2D eigenvalue weighted by molar-refractivity contribution is -0.267. The molecule has 10 nitrogen and oxygen atoms in total. The van der Waals surface area contributed by atoms with Crippen molar-refractivity contribution in [1.82, 2.24) is 10.0 Å². The number of unbranched alkanes of at least 4 members (excludes halogenated alkanes) is 1. The Bertz CT molecular complexity index is 861. The molecule has 1 aromatic carbocycles. The molecule has 2 saturated heterocycles. The van der Waals surface area contributed by atoms with Gasteiger partial charge in [0.15, 0.2) is 0 Å². The first-order valence-electron chi connectivity index (χ1n) is 11.1. The lowest BCUT2D eigenvalue weighted by Crippen LogP contribution is -2.65. The molecule has 0 radical (unpaired) electrons. The van der Waals surface area contributed by atoms with Crippen LogP contribution in [0.4, 0.5) is 0 Å². The van der Waals surface area contributed by atoms with Crippen molar-refractivity contribution in [1.29, 1.82) is 0 Å². The van der Waals surface area contributed by atoms with E-state index in [-0.39, 0.29) is 32.1 Å². The third kappa shape index (κ3) is 6.08. The molecule has 4 atom stereocenters. The summed E-state index contributed by atoms with van der Waals surface area (Å²) in [6.45, 7) is 4.65. The Kier molecular flexibility index (Phi) is 8.40. The summed E-state index contributed by atoms with van der Waals surface area (Å²) in [5.41, 5.74) is 0.857. The Hall–Kier alpha value is -2.98. The molecular formula is C23H30N2O8. The van der Waals surface area contributed by atoms with E-state index in [0.29, 0.717) is 6.42 Å². The van der Waals surface area contributed by atoms with E-state index in [1.165, 1.54) is 23.9 Å². The van der Waals surface area contributed by atoms with Crippen LogP contribution in [0.3, 0.4) is 0 Å². The minimum Gasteiger partial charge on any atom is -0.463 e. The normalized spacial score (nSPS) is 24.8. The largest absolute Gasteiger partial charge is 0.463 e. The maximum absolute atomic E-state index is 13.0. The first-order chi connectivity index (χ1) is 15.8. The van der Waals surface area contributed by atoms with Gasteiger partial charge in [0.1, 0.15) is 18.8 Å². The van der Waals surface area contributed by atoms with Crippen molar-refractivity contribution in [2.75, 3.05) is 13.2 Å². The van der Waals surface area contributed by atoms with Crippen LogP contribution in [0.2, 0.25) is 0 Å². The molecule has 1 amide bonds. The molecule has 0 spiro atoms. The molecule has 2 fully saturated rings. The topological polar surface area (TPSA) is 112 Å². The SMILES string of the molecule is CCCCOC(=O)C1OC(COC(C)=O)C(OC(C)=O)C2CC(=O)N(Cc3ccccc3)N12. The highest BCUT2D eigenvalue weighted by Crippen LogP contribution is 2.36. The number of esters is 3. The van der Waals surface area contributed by atoms with Gasteiger partial charge < -0.3 is 18.9 Å². The number of hydrazine groups is 1. The monoisotopic (exact) mass is 462 g/mol. The fraction of sp³-hybridized carbons (Fsp3) is 0.565. The van der Waals surface area contributed by atoms with Crippen molar-refractivity contribution < 1.29 is 38.1 Å². The summed E-state index contributed by atoms with van der Waals surface area (Å²) in [6, 6.07) is 8.64. The fourth-order valence-corrected chi connectivity index (χ4v) is 3.96. The Morgan fingerprint density at radius 2 is 1.82 bits per heavy atom. The van der Waals surface area contributed by atoms with Crippen molar-refractivity contribution in [3.05, 3.63) is 35.9 Å². The second kappa shape index (κ2) is 11.2. The minimum atomic E-state index is -1.26. The zero-order valence-corrected chi connectivity index (χ0v) is 19.1. The molecule has 2 aliphatic heterocycles. The average Bonchev–Trinajstić information content (AvgIpc) is 3.09. The van der Waals surface area contributed by atoms with Crippen molar-refractivity contribution in [3.63, 3.8) is 0 Å². The van der Waals surface area contributed by atoms with Crippen LogP contribution in [0.15, 0.2) is 30.3 Å². The van der Waals surface area contributed by atoms with Gasteiger partial charge in [0.05, 0.1) is 19.2 Å². The zero-order valence-electron chi connectivity index (χ0n) is 19.1. The molecule has 3 rings (SSSR count). The van der Waals surface area contributed by atoms with Crippen LogP contribution < -0.4 is 0 Å². The van der Waals surface area contributed by atoms with Gasteiger partial charge in [-0.15, -0.1) is 0 Å². The molecule has 0 N–H and O–H groups in total. The van der Waals surface area contributed by atoms with E-state index in [1.54, 1.807) is 0 Å². The number of carbonyl (C=O) groups excluding carboxylic acids is 4. The Morgan fingerprint density at radius 3 is 2.45 bits per heavy atom. The average molecular weight is 462 g/mol. The molecule has 180 valence electrons. The van der Waals surface area contributed by atoms with Gasteiger partial charge in [-0.25, -0.2) is 4.79 Å². The van der Waals surface area contributed by atoms with Gasteiger partial charge in [-0.3, -0.25) is 19.4 Å². The van der Waals surface area contributed by atoms with Gasteiger partial charge in [-0.1, -0.05) is 43.7 Å². The first-order valence-corrected chi connectivity index (χ1v) is 11.1. The Balaban J connectivity index is 1.92.